The zero-order chi connectivity index (χ0) is 13.7. The van der Waals surface area contributed by atoms with Crippen LogP contribution in [0.3, 0.4) is 0 Å². The number of nitrogens with one attached hydrogen (secondary N) is 1. The summed E-state index contributed by atoms with van der Waals surface area (Å²) in [5.74, 6) is 0. The van der Waals surface area contributed by atoms with Crippen molar-refractivity contribution in [2.45, 2.75) is 6.54 Å². The van der Waals surface area contributed by atoms with E-state index in [1.165, 1.54) is 12.1 Å². The van der Waals surface area contributed by atoms with Crippen LogP contribution in [0.2, 0.25) is 0 Å². The van der Waals surface area contributed by atoms with Crippen molar-refractivity contribution in [3.05, 3.63) is 64.0 Å². The number of nitrogens with zero attached hydrogens (tertiary/aromatic N) is 3. The number of anilines is 1. The third kappa shape index (κ3) is 3.04. The van der Waals surface area contributed by atoms with Crippen LogP contribution in [0.4, 0.5) is 11.4 Å². The molecule has 0 saturated carbocycles. The Morgan fingerprint density at radius 2 is 2.05 bits per heavy atom. The minimum absolute atomic E-state index is 0.104. The first kappa shape index (κ1) is 12.5. The average molecular weight is 254 g/mol. The molecule has 2 rings (SSSR count). The van der Waals surface area contributed by atoms with Crippen molar-refractivity contribution in [2.75, 3.05) is 5.32 Å². The quantitative estimate of drug-likeness (QED) is 0.668. The summed E-state index contributed by atoms with van der Waals surface area (Å²) in [5.41, 5.74) is 1.52. The second kappa shape index (κ2) is 5.60. The van der Waals surface area contributed by atoms with E-state index in [0.29, 0.717) is 12.2 Å². The first-order valence-corrected chi connectivity index (χ1v) is 5.52. The Balaban J connectivity index is 2.21. The predicted molar refractivity (Wildman–Crippen MR) is 69.4 cm³/mol. The lowest BCUT2D eigenvalue weighted by atomic mass is 10.2. The lowest BCUT2D eigenvalue weighted by molar-refractivity contribution is -0.384. The fourth-order valence-corrected chi connectivity index (χ4v) is 1.60. The monoisotopic (exact) mass is 254 g/mol. The molecule has 19 heavy (non-hydrogen) atoms. The number of hydrogen-bond donors (Lipinski definition) is 1. The standard InChI is InChI=1S/C13H10N4O2/c14-8-11-1-2-12(13(7-11)17(18)19)16-9-10-3-5-15-6-4-10/h1-7,16H,9H2. The highest BCUT2D eigenvalue weighted by atomic mass is 16.6. The molecule has 94 valence electrons. The summed E-state index contributed by atoms with van der Waals surface area (Å²) in [4.78, 5) is 14.3. The van der Waals surface area contributed by atoms with Crippen LogP contribution in [-0.4, -0.2) is 9.91 Å². The fourth-order valence-electron chi connectivity index (χ4n) is 1.60. The van der Waals surface area contributed by atoms with Gasteiger partial charge in [0.05, 0.1) is 16.6 Å². The predicted octanol–water partition coefficient (Wildman–Crippen LogP) is 2.47. The highest BCUT2D eigenvalue weighted by molar-refractivity contribution is 5.64. The molecular formula is C13H10N4O2. The van der Waals surface area contributed by atoms with Crippen LogP contribution in [0.25, 0.3) is 0 Å². The maximum absolute atomic E-state index is 10.9. The summed E-state index contributed by atoms with van der Waals surface area (Å²) in [5, 5.41) is 22.7. The van der Waals surface area contributed by atoms with Crippen molar-refractivity contribution >= 4 is 11.4 Å². The molecule has 0 saturated heterocycles. The Kier molecular flexibility index (Phi) is 3.69. The molecule has 2 aromatic rings. The van der Waals surface area contributed by atoms with Crippen molar-refractivity contribution in [1.82, 2.24) is 4.98 Å². The van der Waals surface area contributed by atoms with Gasteiger partial charge in [0.25, 0.3) is 5.69 Å². The molecule has 6 heteroatoms. The molecule has 0 unspecified atom stereocenters. The maximum Gasteiger partial charge on any atom is 0.293 e. The van der Waals surface area contributed by atoms with Crippen LogP contribution in [0.5, 0.6) is 0 Å². The highest BCUT2D eigenvalue weighted by Gasteiger charge is 2.14. The van der Waals surface area contributed by atoms with Gasteiger partial charge >= 0.3 is 0 Å². The fraction of sp³-hybridized carbons (Fsp3) is 0.0769. The van der Waals surface area contributed by atoms with Crippen molar-refractivity contribution in [3.63, 3.8) is 0 Å². The van der Waals surface area contributed by atoms with E-state index < -0.39 is 4.92 Å². The van der Waals surface area contributed by atoms with Crippen molar-refractivity contribution in [3.8, 4) is 6.07 Å². The van der Waals surface area contributed by atoms with Gasteiger partial charge in [0.2, 0.25) is 0 Å². The summed E-state index contributed by atoms with van der Waals surface area (Å²) < 4.78 is 0. The molecule has 1 heterocycles. The lowest BCUT2D eigenvalue weighted by Crippen LogP contribution is -2.03. The normalized spacial score (nSPS) is 9.63. The third-order valence-corrected chi connectivity index (χ3v) is 2.56. The molecule has 0 spiro atoms. The van der Waals surface area contributed by atoms with Gasteiger partial charge in [0, 0.05) is 25.0 Å². The lowest BCUT2D eigenvalue weighted by Gasteiger charge is -2.07. The SMILES string of the molecule is N#Cc1ccc(NCc2ccncc2)c([N+](=O)[O-])c1. The van der Waals surface area contributed by atoms with E-state index in [1.807, 2.05) is 18.2 Å². The number of hydrogen-bond acceptors (Lipinski definition) is 5. The van der Waals surface area contributed by atoms with Crippen LogP contribution in [0, 0.1) is 21.4 Å². The van der Waals surface area contributed by atoms with Gasteiger partial charge in [-0.15, -0.1) is 0 Å². The van der Waals surface area contributed by atoms with E-state index in [4.69, 9.17) is 5.26 Å². The summed E-state index contributed by atoms with van der Waals surface area (Å²) >= 11 is 0. The van der Waals surface area contributed by atoms with E-state index in [9.17, 15) is 10.1 Å². The Bertz CT molecular complexity index is 635. The first-order valence-electron chi connectivity index (χ1n) is 5.52. The van der Waals surface area contributed by atoms with E-state index in [2.05, 4.69) is 10.3 Å². The number of aromatic nitrogens is 1. The number of nitro benzene ring substituents is 1. The van der Waals surface area contributed by atoms with Gasteiger partial charge < -0.3 is 5.32 Å². The Labute approximate surface area is 109 Å². The van der Waals surface area contributed by atoms with Gasteiger partial charge in [0.1, 0.15) is 5.69 Å². The maximum atomic E-state index is 10.9. The molecule has 0 amide bonds. The van der Waals surface area contributed by atoms with E-state index in [-0.39, 0.29) is 11.3 Å². The zero-order valence-corrected chi connectivity index (χ0v) is 9.91. The van der Waals surface area contributed by atoms with Gasteiger partial charge in [-0.05, 0) is 29.8 Å². The topological polar surface area (TPSA) is 91.8 Å². The average Bonchev–Trinajstić information content (AvgIpc) is 2.46. The second-order valence-electron chi connectivity index (χ2n) is 3.81. The summed E-state index contributed by atoms with van der Waals surface area (Å²) in [6.45, 7) is 0.454. The molecule has 0 aliphatic heterocycles. The van der Waals surface area contributed by atoms with Crippen LogP contribution >= 0.6 is 0 Å². The minimum atomic E-state index is -0.504. The van der Waals surface area contributed by atoms with Crippen LogP contribution in [-0.2, 0) is 6.54 Å². The first-order chi connectivity index (χ1) is 9.20. The smallest absolute Gasteiger partial charge is 0.293 e. The number of rotatable bonds is 4. The van der Waals surface area contributed by atoms with Gasteiger partial charge in [0.15, 0.2) is 0 Å². The molecule has 0 fully saturated rings. The highest BCUT2D eigenvalue weighted by Crippen LogP contribution is 2.25. The third-order valence-electron chi connectivity index (χ3n) is 2.56. The minimum Gasteiger partial charge on any atom is -0.375 e. The molecule has 0 atom stereocenters. The molecule has 0 aliphatic rings. The molecule has 6 nitrogen and oxygen atoms in total. The molecular weight excluding hydrogens is 244 g/mol. The van der Waals surface area contributed by atoms with Crippen molar-refractivity contribution in [2.24, 2.45) is 0 Å². The van der Waals surface area contributed by atoms with Crippen molar-refractivity contribution in [1.29, 1.82) is 5.26 Å². The number of nitriles is 1. The molecule has 1 N–H and O–H groups in total. The number of benzene rings is 1. The molecule has 1 aromatic carbocycles. The molecule has 0 radical (unpaired) electrons. The summed E-state index contributed by atoms with van der Waals surface area (Å²) in [6.07, 6.45) is 3.31. The van der Waals surface area contributed by atoms with Crippen LogP contribution in [0.1, 0.15) is 11.1 Å². The zero-order valence-electron chi connectivity index (χ0n) is 9.91. The molecule has 1 aromatic heterocycles. The second-order valence-corrected chi connectivity index (χ2v) is 3.81. The van der Waals surface area contributed by atoms with Gasteiger partial charge in [-0.25, -0.2) is 0 Å². The molecule has 0 bridgehead atoms. The number of pyridine rings is 1. The molecule has 0 aliphatic carbocycles. The van der Waals surface area contributed by atoms with E-state index in [0.717, 1.165) is 5.56 Å². The summed E-state index contributed by atoms with van der Waals surface area (Å²) in [6, 6.07) is 9.87. The van der Waals surface area contributed by atoms with Crippen molar-refractivity contribution < 1.29 is 4.92 Å². The summed E-state index contributed by atoms with van der Waals surface area (Å²) in [7, 11) is 0. The van der Waals surface area contributed by atoms with Crippen LogP contribution in [0.15, 0.2) is 42.7 Å². The van der Waals surface area contributed by atoms with E-state index in [1.54, 1.807) is 18.5 Å². The van der Waals surface area contributed by atoms with Crippen LogP contribution < -0.4 is 5.32 Å². The Hall–Kier alpha value is -2.94. The van der Waals surface area contributed by atoms with Gasteiger partial charge in [-0.2, -0.15) is 5.26 Å². The van der Waals surface area contributed by atoms with E-state index >= 15 is 0 Å². The van der Waals surface area contributed by atoms with Gasteiger partial charge in [-0.3, -0.25) is 15.1 Å². The van der Waals surface area contributed by atoms with Gasteiger partial charge in [-0.1, -0.05) is 0 Å². The largest absolute Gasteiger partial charge is 0.375 e. The Morgan fingerprint density at radius 3 is 2.68 bits per heavy atom. The Morgan fingerprint density at radius 1 is 1.32 bits per heavy atom. The number of nitro groups is 1.